The van der Waals surface area contributed by atoms with E-state index in [1.165, 1.54) is 11.3 Å². The average molecular weight is 406 g/mol. The lowest BCUT2D eigenvalue weighted by molar-refractivity contribution is 0.776. The van der Waals surface area contributed by atoms with E-state index in [1.807, 2.05) is 66.6 Å². The number of nitrogens with one attached hydrogen (secondary N) is 1. The number of aromatic nitrogens is 4. The Morgan fingerprint density at radius 3 is 2.83 bits per heavy atom. The summed E-state index contributed by atoms with van der Waals surface area (Å²) in [6, 6.07) is 7.95. The first-order valence-electron chi connectivity index (χ1n) is 9.58. The summed E-state index contributed by atoms with van der Waals surface area (Å²) in [5, 5.41) is 12.9. The van der Waals surface area contributed by atoms with Crippen LogP contribution in [0, 0.1) is 18.3 Å². The van der Waals surface area contributed by atoms with Gasteiger partial charge < -0.3 is 14.8 Å². The zero-order valence-electron chi connectivity index (χ0n) is 16.8. The summed E-state index contributed by atoms with van der Waals surface area (Å²) in [6.45, 7) is 1.93. The Morgan fingerprint density at radius 2 is 2.10 bits per heavy atom. The minimum Gasteiger partial charge on any atom is -0.362 e. The number of imidazole rings is 1. The maximum Gasteiger partial charge on any atom is 0.229 e. The van der Waals surface area contributed by atoms with Crippen LogP contribution < -0.4 is 10.2 Å². The Kier molecular flexibility index (Phi) is 5.41. The summed E-state index contributed by atoms with van der Waals surface area (Å²) in [4.78, 5) is 17.0. The number of thioether (sulfide) groups is 1. The molecule has 7 nitrogen and oxygen atoms in total. The van der Waals surface area contributed by atoms with Crippen molar-refractivity contribution in [2.75, 3.05) is 30.1 Å². The minimum absolute atomic E-state index is 0.560. The van der Waals surface area contributed by atoms with Crippen LogP contribution >= 0.6 is 11.8 Å². The lowest BCUT2D eigenvalue weighted by Crippen LogP contribution is -2.15. The van der Waals surface area contributed by atoms with E-state index in [9.17, 15) is 5.26 Å². The van der Waals surface area contributed by atoms with E-state index < -0.39 is 0 Å². The number of benzene rings is 1. The highest BCUT2D eigenvalue weighted by molar-refractivity contribution is 7.99. The Hall–Kier alpha value is -3.05. The van der Waals surface area contributed by atoms with Gasteiger partial charge in [-0.15, -0.1) is 11.8 Å². The van der Waals surface area contributed by atoms with E-state index in [0.717, 1.165) is 47.2 Å². The van der Waals surface area contributed by atoms with Crippen LogP contribution in [0.2, 0.25) is 0 Å². The molecule has 0 fully saturated rings. The average Bonchev–Trinajstić information content (AvgIpc) is 3.00. The van der Waals surface area contributed by atoms with Gasteiger partial charge in [-0.3, -0.25) is 0 Å². The molecule has 0 aliphatic carbocycles. The summed E-state index contributed by atoms with van der Waals surface area (Å²) in [5.74, 6) is 2.60. The molecule has 0 amide bonds. The number of aryl methyl sites for hydroxylation is 2. The number of anilines is 3. The molecule has 0 saturated heterocycles. The molecule has 0 atom stereocenters. The topological polar surface area (TPSA) is 82.7 Å². The minimum atomic E-state index is 0.560. The van der Waals surface area contributed by atoms with Gasteiger partial charge in [-0.05, 0) is 50.1 Å². The van der Waals surface area contributed by atoms with Gasteiger partial charge in [0.1, 0.15) is 11.9 Å². The van der Waals surface area contributed by atoms with Crippen LogP contribution in [0.25, 0.3) is 5.69 Å². The molecule has 8 heteroatoms. The van der Waals surface area contributed by atoms with Crippen LogP contribution in [0.5, 0.6) is 0 Å². The molecular formula is C21H23N7S. The fourth-order valence-corrected chi connectivity index (χ4v) is 4.56. The maximum atomic E-state index is 9.63. The van der Waals surface area contributed by atoms with E-state index >= 15 is 0 Å². The van der Waals surface area contributed by atoms with Crippen molar-refractivity contribution in [1.29, 1.82) is 5.26 Å². The van der Waals surface area contributed by atoms with Gasteiger partial charge in [0, 0.05) is 26.0 Å². The van der Waals surface area contributed by atoms with Gasteiger partial charge in [0.15, 0.2) is 0 Å². The summed E-state index contributed by atoms with van der Waals surface area (Å²) >= 11 is 1.84. The quantitative estimate of drug-likeness (QED) is 0.700. The molecule has 3 heterocycles. The first-order chi connectivity index (χ1) is 14.0. The molecule has 0 saturated carbocycles. The molecular weight excluding hydrogens is 382 g/mol. The van der Waals surface area contributed by atoms with Gasteiger partial charge in [0.05, 0.1) is 33.9 Å². The predicted molar refractivity (Wildman–Crippen MR) is 116 cm³/mol. The number of hydrogen-bond donors (Lipinski definition) is 1. The van der Waals surface area contributed by atoms with Crippen LogP contribution in [-0.4, -0.2) is 39.4 Å². The summed E-state index contributed by atoms with van der Waals surface area (Å²) < 4.78 is 1.86. The van der Waals surface area contributed by atoms with E-state index in [4.69, 9.17) is 9.97 Å². The van der Waals surface area contributed by atoms with E-state index in [1.54, 1.807) is 6.33 Å². The third-order valence-corrected chi connectivity index (χ3v) is 5.96. The molecule has 0 unspecified atom stereocenters. The first kappa shape index (κ1) is 19.3. The van der Waals surface area contributed by atoms with Crippen molar-refractivity contribution in [2.45, 2.75) is 31.1 Å². The van der Waals surface area contributed by atoms with E-state index in [2.05, 4.69) is 16.4 Å². The van der Waals surface area contributed by atoms with Gasteiger partial charge in [-0.25, -0.2) is 9.97 Å². The number of rotatable bonds is 4. The molecule has 3 aromatic rings. The third-order valence-electron chi connectivity index (χ3n) is 4.76. The fraction of sp³-hybridized carbons (Fsp3) is 0.333. The molecule has 0 radical (unpaired) electrons. The molecule has 1 N–H and O–H groups in total. The second-order valence-corrected chi connectivity index (χ2v) is 8.34. The molecule has 0 bridgehead atoms. The SMILES string of the molecule is Cc1cn(-c2ccc(Nc3nc4c(c(N(C)C)n3)SCCCC4)cc2C#N)cn1. The first-order valence-corrected chi connectivity index (χ1v) is 10.6. The molecule has 148 valence electrons. The van der Waals surface area contributed by atoms with Crippen LogP contribution in [0.15, 0.2) is 35.6 Å². The number of nitriles is 1. The number of hydrogen-bond acceptors (Lipinski definition) is 7. The van der Waals surface area contributed by atoms with Gasteiger partial charge in [-0.2, -0.15) is 10.2 Å². The van der Waals surface area contributed by atoms with Crippen molar-refractivity contribution >= 4 is 29.2 Å². The molecule has 1 aromatic carbocycles. The maximum absolute atomic E-state index is 9.63. The number of fused-ring (bicyclic) bond motifs is 1. The fourth-order valence-electron chi connectivity index (χ4n) is 3.34. The van der Waals surface area contributed by atoms with Gasteiger partial charge in [-0.1, -0.05) is 0 Å². The zero-order valence-corrected chi connectivity index (χ0v) is 17.6. The molecule has 4 rings (SSSR count). The highest BCUT2D eigenvalue weighted by Gasteiger charge is 2.19. The van der Waals surface area contributed by atoms with Crippen LogP contribution in [0.4, 0.5) is 17.5 Å². The molecule has 1 aliphatic rings. The highest BCUT2D eigenvalue weighted by Crippen LogP contribution is 2.35. The van der Waals surface area contributed by atoms with Gasteiger partial charge in [0.2, 0.25) is 5.95 Å². The monoisotopic (exact) mass is 405 g/mol. The summed E-state index contributed by atoms with van der Waals surface area (Å²) in [7, 11) is 4.01. The lowest BCUT2D eigenvalue weighted by Gasteiger charge is -2.19. The lowest BCUT2D eigenvalue weighted by atomic mass is 10.1. The Balaban J connectivity index is 1.68. The third kappa shape index (κ3) is 4.05. The Morgan fingerprint density at radius 1 is 1.24 bits per heavy atom. The van der Waals surface area contributed by atoms with Crippen molar-refractivity contribution in [2.24, 2.45) is 0 Å². The largest absolute Gasteiger partial charge is 0.362 e. The van der Waals surface area contributed by atoms with Crippen LogP contribution in [0.1, 0.15) is 29.8 Å². The van der Waals surface area contributed by atoms with Crippen molar-refractivity contribution in [3.05, 3.63) is 47.7 Å². The number of nitrogens with zero attached hydrogens (tertiary/aromatic N) is 6. The Labute approximate surface area is 174 Å². The molecule has 0 spiro atoms. The van der Waals surface area contributed by atoms with Crippen molar-refractivity contribution in [1.82, 2.24) is 19.5 Å². The Bertz CT molecular complexity index is 1080. The van der Waals surface area contributed by atoms with Crippen LogP contribution in [-0.2, 0) is 6.42 Å². The zero-order chi connectivity index (χ0) is 20.4. The van der Waals surface area contributed by atoms with Gasteiger partial charge in [0.25, 0.3) is 0 Å². The second kappa shape index (κ2) is 8.13. The van der Waals surface area contributed by atoms with Crippen molar-refractivity contribution in [3.8, 4) is 11.8 Å². The summed E-state index contributed by atoms with van der Waals surface area (Å²) in [5.41, 5.74) is 4.15. The van der Waals surface area contributed by atoms with Crippen LogP contribution in [0.3, 0.4) is 0 Å². The normalized spacial score (nSPS) is 13.3. The molecule has 2 aromatic heterocycles. The molecule has 1 aliphatic heterocycles. The highest BCUT2D eigenvalue weighted by atomic mass is 32.2. The standard InChI is InChI=1S/C21H23N7S/c1-14-12-28(13-23-14)18-8-7-16(10-15(18)11-22)24-21-25-17-6-4-5-9-29-19(17)20(26-21)27(2)3/h7-8,10,12-13H,4-6,9H2,1-3H3,(H,24,25,26). The molecule has 29 heavy (non-hydrogen) atoms. The summed E-state index contributed by atoms with van der Waals surface area (Å²) in [6.07, 6.45) is 6.91. The van der Waals surface area contributed by atoms with Crippen molar-refractivity contribution < 1.29 is 0 Å². The predicted octanol–water partition coefficient (Wildman–Crippen LogP) is 4.08. The van der Waals surface area contributed by atoms with E-state index in [0.29, 0.717) is 11.5 Å². The smallest absolute Gasteiger partial charge is 0.229 e. The van der Waals surface area contributed by atoms with Gasteiger partial charge >= 0.3 is 0 Å². The van der Waals surface area contributed by atoms with E-state index in [-0.39, 0.29) is 0 Å². The second-order valence-electron chi connectivity index (χ2n) is 7.24. The van der Waals surface area contributed by atoms with Crippen molar-refractivity contribution in [3.63, 3.8) is 0 Å².